The molecule has 0 heterocycles. The molecular formula is C13H19N. The van der Waals surface area contributed by atoms with Crippen LogP contribution in [0.15, 0.2) is 18.2 Å². The van der Waals surface area contributed by atoms with Crippen molar-refractivity contribution in [2.45, 2.75) is 39.2 Å². The summed E-state index contributed by atoms with van der Waals surface area (Å²) in [4.78, 5) is 0. The molecule has 0 bridgehead atoms. The highest BCUT2D eigenvalue weighted by Gasteiger charge is 2.20. The van der Waals surface area contributed by atoms with Crippen molar-refractivity contribution in [1.29, 1.82) is 0 Å². The van der Waals surface area contributed by atoms with E-state index in [1.807, 2.05) is 0 Å². The molecule has 0 atom stereocenters. The molecule has 76 valence electrons. The van der Waals surface area contributed by atoms with Crippen molar-refractivity contribution in [2.24, 2.45) is 11.7 Å². The summed E-state index contributed by atoms with van der Waals surface area (Å²) in [6.07, 6.45) is 5.52. The number of aryl methyl sites for hydroxylation is 2. The fourth-order valence-corrected chi connectivity index (χ4v) is 1.89. The van der Waals surface area contributed by atoms with Gasteiger partial charge in [-0.05, 0) is 42.4 Å². The van der Waals surface area contributed by atoms with E-state index in [1.165, 1.54) is 42.4 Å². The normalized spacial score (nSPS) is 15.9. The maximum absolute atomic E-state index is 5.64. The highest BCUT2D eigenvalue weighted by atomic mass is 14.5. The molecule has 1 heteroatoms. The Labute approximate surface area is 86.3 Å². The minimum Gasteiger partial charge on any atom is -0.326 e. The number of hydrogen-bond donors (Lipinski definition) is 1. The summed E-state index contributed by atoms with van der Waals surface area (Å²) in [7, 11) is 0. The van der Waals surface area contributed by atoms with Crippen LogP contribution in [-0.2, 0) is 13.0 Å². The van der Waals surface area contributed by atoms with Crippen molar-refractivity contribution >= 4 is 0 Å². The lowest BCUT2D eigenvalue weighted by Gasteiger charge is -2.07. The third-order valence-corrected chi connectivity index (χ3v) is 3.17. The quantitative estimate of drug-likeness (QED) is 0.774. The molecule has 1 aromatic carbocycles. The lowest BCUT2D eigenvalue weighted by atomic mass is 10.00. The van der Waals surface area contributed by atoms with E-state index in [0.29, 0.717) is 6.54 Å². The van der Waals surface area contributed by atoms with Crippen LogP contribution in [0.5, 0.6) is 0 Å². The van der Waals surface area contributed by atoms with Crippen LogP contribution in [0.1, 0.15) is 36.0 Å². The van der Waals surface area contributed by atoms with Gasteiger partial charge in [-0.25, -0.2) is 0 Å². The van der Waals surface area contributed by atoms with Crippen LogP contribution in [0.4, 0.5) is 0 Å². The molecule has 1 aromatic rings. The second-order valence-electron chi connectivity index (χ2n) is 4.45. The Hall–Kier alpha value is -0.820. The monoisotopic (exact) mass is 189 g/mol. The van der Waals surface area contributed by atoms with Gasteiger partial charge in [0.2, 0.25) is 0 Å². The topological polar surface area (TPSA) is 26.0 Å². The average molecular weight is 189 g/mol. The van der Waals surface area contributed by atoms with Gasteiger partial charge < -0.3 is 5.73 Å². The van der Waals surface area contributed by atoms with Gasteiger partial charge >= 0.3 is 0 Å². The molecule has 1 nitrogen and oxygen atoms in total. The fraction of sp³-hybridized carbons (Fsp3) is 0.538. The van der Waals surface area contributed by atoms with Gasteiger partial charge in [0.25, 0.3) is 0 Å². The smallest absolute Gasteiger partial charge is 0.0178 e. The Morgan fingerprint density at radius 2 is 2.14 bits per heavy atom. The molecule has 0 aromatic heterocycles. The summed E-state index contributed by atoms with van der Waals surface area (Å²) < 4.78 is 0. The largest absolute Gasteiger partial charge is 0.326 e. The number of nitrogens with two attached hydrogens (primary N) is 1. The molecule has 2 N–H and O–H groups in total. The molecule has 0 aliphatic heterocycles. The van der Waals surface area contributed by atoms with E-state index in [-0.39, 0.29) is 0 Å². The highest BCUT2D eigenvalue weighted by Crippen LogP contribution is 2.33. The van der Waals surface area contributed by atoms with Gasteiger partial charge in [-0.3, -0.25) is 0 Å². The zero-order chi connectivity index (χ0) is 9.97. The molecule has 0 radical (unpaired) electrons. The van der Waals surface area contributed by atoms with Gasteiger partial charge in [0.15, 0.2) is 0 Å². The third-order valence-electron chi connectivity index (χ3n) is 3.17. The second kappa shape index (κ2) is 4.14. The zero-order valence-electron chi connectivity index (χ0n) is 8.92. The fourth-order valence-electron chi connectivity index (χ4n) is 1.89. The van der Waals surface area contributed by atoms with Crippen molar-refractivity contribution in [3.8, 4) is 0 Å². The molecule has 2 rings (SSSR count). The first-order valence-electron chi connectivity index (χ1n) is 5.58. The Bertz CT molecular complexity index is 313. The number of benzene rings is 1. The van der Waals surface area contributed by atoms with Crippen molar-refractivity contribution < 1.29 is 0 Å². The lowest BCUT2D eigenvalue weighted by Crippen LogP contribution is -1.99. The average Bonchev–Trinajstić information content (AvgIpc) is 3.00. The molecule has 0 amide bonds. The first-order chi connectivity index (χ1) is 6.79. The van der Waals surface area contributed by atoms with Crippen LogP contribution in [0, 0.1) is 12.8 Å². The Morgan fingerprint density at radius 3 is 2.79 bits per heavy atom. The molecule has 1 aliphatic carbocycles. The maximum Gasteiger partial charge on any atom is 0.0178 e. The van der Waals surface area contributed by atoms with Crippen LogP contribution >= 0.6 is 0 Å². The van der Waals surface area contributed by atoms with E-state index in [2.05, 4.69) is 25.1 Å². The van der Waals surface area contributed by atoms with E-state index in [0.717, 1.165) is 5.92 Å². The second-order valence-corrected chi connectivity index (χ2v) is 4.45. The number of hydrogen-bond acceptors (Lipinski definition) is 1. The van der Waals surface area contributed by atoms with E-state index in [9.17, 15) is 0 Å². The van der Waals surface area contributed by atoms with Crippen LogP contribution in [0.3, 0.4) is 0 Å². The molecule has 1 fully saturated rings. The minimum atomic E-state index is 0.663. The van der Waals surface area contributed by atoms with Gasteiger partial charge in [0.05, 0.1) is 0 Å². The predicted octanol–water partition coefficient (Wildman–Crippen LogP) is 2.80. The summed E-state index contributed by atoms with van der Waals surface area (Å²) >= 11 is 0. The first-order valence-corrected chi connectivity index (χ1v) is 5.58. The van der Waals surface area contributed by atoms with Gasteiger partial charge in [0.1, 0.15) is 0 Å². The van der Waals surface area contributed by atoms with Gasteiger partial charge in [-0.2, -0.15) is 0 Å². The molecule has 1 saturated carbocycles. The van der Waals surface area contributed by atoms with Crippen molar-refractivity contribution in [2.75, 3.05) is 0 Å². The molecule has 0 spiro atoms. The van der Waals surface area contributed by atoms with Gasteiger partial charge in [0, 0.05) is 6.54 Å². The summed E-state index contributed by atoms with van der Waals surface area (Å²) in [5.41, 5.74) is 9.82. The molecular weight excluding hydrogens is 170 g/mol. The molecule has 1 aliphatic rings. The summed E-state index contributed by atoms with van der Waals surface area (Å²) in [5, 5.41) is 0. The summed E-state index contributed by atoms with van der Waals surface area (Å²) in [5.74, 6) is 1.02. The van der Waals surface area contributed by atoms with Crippen LogP contribution in [0.25, 0.3) is 0 Å². The van der Waals surface area contributed by atoms with E-state index in [4.69, 9.17) is 5.73 Å². The predicted molar refractivity (Wildman–Crippen MR) is 60.1 cm³/mol. The summed E-state index contributed by atoms with van der Waals surface area (Å²) in [6.45, 7) is 2.86. The molecule has 14 heavy (non-hydrogen) atoms. The Kier molecular flexibility index (Phi) is 2.87. The van der Waals surface area contributed by atoms with Crippen molar-refractivity contribution in [1.82, 2.24) is 0 Å². The zero-order valence-corrected chi connectivity index (χ0v) is 8.92. The molecule has 0 unspecified atom stereocenters. The van der Waals surface area contributed by atoms with E-state index < -0.39 is 0 Å². The van der Waals surface area contributed by atoms with Crippen LogP contribution in [-0.4, -0.2) is 0 Å². The van der Waals surface area contributed by atoms with Crippen LogP contribution < -0.4 is 5.73 Å². The Morgan fingerprint density at radius 1 is 1.36 bits per heavy atom. The van der Waals surface area contributed by atoms with E-state index in [1.54, 1.807) is 0 Å². The van der Waals surface area contributed by atoms with E-state index >= 15 is 0 Å². The molecule has 0 saturated heterocycles. The van der Waals surface area contributed by atoms with Gasteiger partial charge in [-0.1, -0.05) is 31.0 Å². The van der Waals surface area contributed by atoms with Gasteiger partial charge in [-0.15, -0.1) is 0 Å². The highest BCUT2D eigenvalue weighted by molar-refractivity contribution is 5.31. The standard InChI is InChI=1S/C13H19N/c1-10-2-3-12(9-14)8-13(10)7-6-11-4-5-11/h2-3,8,11H,4-7,9,14H2,1H3. The number of rotatable bonds is 4. The Balaban J connectivity index is 2.04. The van der Waals surface area contributed by atoms with Crippen LogP contribution in [0.2, 0.25) is 0 Å². The maximum atomic E-state index is 5.64. The minimum absolute atomic E-state index is 0.663. The lowest BCUT2D eigenvalue weighted by molar-refractivity contribution is 0.723. The summed E-state index contributed by atoms with van der Waals surface area (Å²) in [6, 6.07) is 6.61. The first kappa shape index (κ1) is 9.72. The SMILES string of the molecule is Cc1ccc(CN)cc1CCC1CC1. The van der Waals surface area contributed by atoms with Crippen molar-refractivity contribution in [3.05, 3.63) is 34.9 Å². The third kappa shape index (κ3) is 2.36. The van der Waals surface area contributed by atoms with Crippen molar-refractivity contribution in [3.63, 3.8) is 0 Å².